The lowest BCUT2D eigenvalue weighted by Gasteiger charge is -2.36. The Morgan fingerprint density at radius 2 is 1.22 bits per heavy atom. The van der Waals surface area contributed by atoms with E-state index >= 15 is 0 Å². The van der Waals surface area contributed by atoms with Gasteiger partial charge in [0, 0.05) is 31.9 Å². The van der Waals surface area contributed by atoms with Gasteiger partial charge in [0.2, 0.25) is 0 Å². The molecule has 12 nitrogen and oxygen atoms in total. The van der Waals surface area contributed by atoms with E-state index in [4.69, 9.17) is 22.9 Å². The van der Waals surface area contributed by atoms with Crippen molar-refractivity contribution < 1.29 is 28.2 Å². The number of nitrogens with zero attached hydrogens (tertiary/aromatic N) is 3. The molecule has 13 heteroatoms. The molecular weight excluding hydrogens is 641 g/mol. The van der Waals surface area contributed by atoms with Gasteiger partial charge >= 0.3 is 18.3 Å². The number of nitrogens with two attached hydrogens (primary N) is 4. The molecule has 8 N–H and O–H groups in total. The molecule has 2 atom stereocenters. The van der Waals surface area contributed by atoms with Crippen LogP contribution in [-0.2, 0) is 14.9 Å². The third kappa shape index (κ3) is 8.15. The van der Waals surface area contributed by atoms with E-state index in [1.54, 1.807) is 0 Å². The number of ether oxygens (including phenoxy) is 2. The minimum Gasteiger partial charge on any atom is -0.397 e. The van der Waals surface area contributed by atoms with Crippen LogP contribution in [0, 0.1) is 5.82 Å². The van der Waals surface area contributed by atoms with Crippen molar-refractivity contribution in [2.24, 2.45) is 0 Å². The number of amides is 2. The predicted octanol–water partition coefficient (Wildman–Crippen LogP) is 7.11. The van der Waals surface area contributed by atoms with Gasteiger partial charge < -0.3 is 47.1 Å². The van der Waals surface area contributed by atoms with Crippen LogP contribution in [0.1, 0.15) is 88.1 Å². The molecule has 50 heavy (non-hydrogen) atoms. The summed E-state index contributed by atoms with van der Waals surface area (Å²) in [7, 11) is 0. The Bertz CT molecular complexity index is 1670. The maximum atomic E-state index is 13.7. The lowest BCUT2D eigenvalue weighted by Crippen LogP contribution is -2.34. The molecule has 0 spiro atoms. The van der Waals surface area contributed by atoms with Crippen LogP contribution in [0.25, 0.3) is 0 Å². The molecule has 0 aliphatic carbocycles. The summed E-state index contributed by atoms with van der Waals surface area (Å²) in [6.45, 7) is 8.75. The van der Waals surface area contributed by atoms with E-state index < -0.39 is 18.3 Å². The summed E-state index contributed by atoms with van der Waals surface area (Å²) >= 11 is 0. The van der Waals surface area contributed by atoms with Gasteiger partial charge in [-0.3, -0.25) is 0 Å². The first kappa shape index (κ1) is 36.1. The first-order chi connectivity index (χ1) is 23.7. The van der Waals surface area contributed by atoms with Crippen molar-refractivity contribution in [3.05, 3.63) is 77.1 Å². The molecule has 3 aromatic carbocycles. The fourth-order valence-electron chi connectivity index (χ4n) is 7.08. The first-order valence-corrected chi connectivity index (χ1v) is 17.1. The number of halogens is 1. The van der Waals surface area contributed by atoms with E-state index in [0.29, 0.717) is 48.9 Å². The molecule has 0 aromatic heterocycles. The van der Waals surface area contributed by atoms with Gasteiger partial charge in [0.15, 0.2) is 0 Å². The number of rotatable bonds is 3. The zero-order valence-corrected chi connectivity index (χ0v) is 29.0. The van der Waals surface area contributed by atoms with E-state index in [9.17, 15) is 18.8 Å². The van der Waals surface area contributed by atoms with Crippen LogP contribution in [0.3, 0.4) is 0 Å². The van der Waals surface area contributed by atoms with Gasteiger partial charge in [0.25, 0.3) is 0 Å². The third-order valence-electron chi connectivity index (χ3n) is 9.50. The van der Waals surface area contributed by atoms with Crippen molar-refractivity contribution in [2.45, 2.75) is 76.8 Å². The van der Waals surface area contributed by atoms with Crippen LogP contribution in [0.5, 0.6) is 0 Å². The minimum absolute atomic E-state index is 0.0568. The Morgan fingerprint density at radius 3 is 1.74 bits per heavy atom. The van der Waals surface area contributed by atoms with E-state index in [-0.39, 0.29) is 23.3 Å². The zero-order chi connectivity index (χ0) is 36.2. The van der Waals surface area contributed by atoms with Crippen molar-refractivity contribution in [3.63, 3.8) is 0 Å². The summed E-state index contributed by atoms with van der Waals surface area (Å²) in [4.78, 5) is 39.3. The summed E-state index contributed by atoms with van der Waals surface area (Å²) in [6, 6.07) is 16.6. The van der Waals surface area contributed by atoms with Gasteiger partial charge in [-0.2, -0.15) is 0 Å². The van der Waals surface area contributed by atoms with Gasteiger partial charge in [-0.25, -0.2) is 18.8 Å². The molecule has 2 unspecified atom stereocenters. The van der Waals surface area contributed by atoms with Crippen molar-refractivity contribution in [1.82, 2.24) is 9.80 Å². The number of hydrogen-bond donors (Lipinski definition) is 4. The molecule has 0 bridgehead atoms. The molecule has 268 valence electrons. The fraction of sp³-hybridized carbons (Fsp3) is 0.432. The predicted molar refractivity (Wildman–Crippen MR) is 193 cm³/mol. The van der Waals surface area contributed by atoms with Gasteiger partial charge in [-0.1, -0.05) is 32.9 Å². The quantitative estimate of drug-likeness (QED) is 0.126. The summed E-state index contributed by atoms with van der Waals surface area (Å²) < 4.78 is 22.6. The van der Waals surface area contributed by atoms with Crippen molar-refractivity contribution in [1.29, 1.82) is 0 Å². The zero-order valence-electron chi connectivity index (χ0n) is 29.0. The van der Waals surface area contributed by atoms with Crippen LogP contribution >= 0.6 is 0 Å². The molecule has 0 radical (unpaired) electrons. The Kier molecular flexibility index (Phi) is 10.9. The summed E-state index contributed by atoms with van der Waals surface area (Å²) in [5.74, 6) is -0.259. The van der Waals surface area contributed by atoms with E-state index in [0.717, 1.165) is 60.9 Å². The average Bonchev–Trinajstić information content (AvgIpc) is 3.86. The molecule has 2 amide bonds. The molecular formula is C37H48FN7O5. The number of carbonyl (C=O) groups is 3. The Hall–Kier alpha value is -5.20. The normalized spacial score (nSPS) is 18.8. The smallest absolute Gasteiger partial charge is 0.397 e. The van der Waals surface area contributed by atoms with Crippen molar-refractivity contribution in [3.8, 4) is 0 Å². The molecule has 0 saturated carbocycles. The lowest BCUT2D eigenvalue weighted by atomic mass is 9.79. The lowest BCUT2D eigenvalue weighted by molar-refractivity contribution is 0.0687. The largest absolute Gasteiger partial charge is 0.526 e. The number of nitrogen functional groups attached to an aromatic ring is 4. The highest BCUT2D eigenvalue weighted by Crippen LogP contribution is 2.50. The number of anilines is 5. The minimum atomic E-state index is -1.25. The second-order valence-corrected chi connectivity index (χ2v) is 14.0. The maximum absolute atomic E-state index is 13.7. The van der Waals surface area contributed by atoms with E-state index in [2.05, 4.69) is 41.2 Å². The van der Waals surface area contributed by atoms with E-state index in [1.807, 2.05) is 36.4 Å². The topological polar surface area (TPSA) is 183 Å². The number of carbonyl (C=O) groups excluding carboxylic acids is 3. The molecule has 6 rings (SSSR count). The molecule has 3 aliphatic heterocycles. The number of hydrogen-bond acceptors (Lipinski definition) is 10. The number of likely N-dealkylation sites (tertiary alicyclic amines) is 2. The second kappa shape index (κ2) is 15.1. The van der Waals surface area contributed by atoms with Gasteiger partial charge in [0.1, 0.15) is 5.82 Å². The monoisotopic (exact) mass is 689 g/mol. The Balaban J connectivity index is 0.000000228. The molecule has 3 fully saturated rings. The van der Waals surface area contributed by atoms with Crippen LogP contribution in [-0.4, -0.2) is 54.3 Å². The molecule has 3 aromatic rings. The standard InChI is InChI=1S/C26H32FN5.C11H16N2O5/c1-26(2,3)24-18(9-11-20(29)25(24)31)23-13-12-22(15-4-10-19(28)21(30)14-15)32(23)17-7-5-16(27)6-8-17;14-9(12-5-1-2-6-12)17-11(16)18-10(15)13-7-3-4-8-13/h4-11,14,22-23H,12-13,28-31H2,1-3H3;1-8H2. The van der Waals surface area contributed by atoms with Gasteiger partial charge in [-0.05, 0) is 103 Å². The third-order valence-corrected chi connectivity index (χ3v) is 9.50. The van der Waals surface area contributed by atoms with E-state index in [1.165, 1.54) is 21.9 Å². The maximum Gasteiger partial charge on any atom is 0.526 e. The average molecular weight is 690 g/mol. The van der Waals surface area contributed by atoms with Gasteiger partial charge in [0.05, 0.1) is 34.8 Å². The fourth-order valence-corrected chi connectivity index (χ4v) is 7.08. The summed E-state index contributed by atoms with van der Waals surface area (Å²) in [5, 5.41) is 0. The van der Waals surface area contributed by atoms with Gasteiger partial charge in [-0.15, -0.1) is 0 Å². The SMILES string of the molecule is CC(C)(C)c1c(C2CCC(c3ccc(N)c(N)c3)N2c2ccc(F)cc2)ccc(N)c1N.O=C(OC(=O)N1CCCC1)OC(=O)N1CCCC1. The first-order valence-electron chi connectivity index (χ1n) is 17.1. The Labute approximate surface area is 292 Å². The van der Waals surface area contributed by atoms with Crippen molar-refractivity contribution >= 4 is 46.8 Å². The highest BCUT2D eigenvalue weighted by molar-refractivity contribution is 5.87. The highest BCUT2D eigenvalue weighted by Gasteiger charge is 2.39. The van der Waals surface area contributed by atoms with Crippen LogP contribution in [0.15, 0.2) is 54.6 Å². The van der Waals surface area contributed by atoms with Crippen LogP contribution in [0.4, 0.5) is 47.2 Å². The van der Waals surface area contributed by atoms with Crippen molar-refractivity contribution in [2.75, 3.05) is 54.0 Å². The highest BCUT2D eigenvalue weighted by atomic mass is 19.1. The second-order valence-electron chi connectivity index (χ2n) is 14.0. The summed E-state index contributed by atoms with van der Waals surface area (Å²) in [5.41, 5.74) is 31.2. The molecule has 3 aliphatic rings. The summed E-state index contributed by atoms with van der Waals surface area (Å²) in [6.07, 6.45) is 2.70. The van der Waals surface area contributed by atoms with Crippen LogP contribution < -0.4 is 27.8 Å². The van der Waals surface area contributed by atoms with Crippen LogP contribution in [0.2, 0.25) is 0 Å². The number of benzene rings is 3. The molecule has 3 heterocycles. The molecule has 3 saturated heterocycles. The Morgan fingerprint density at radius 1 is 0.700 bits per heavy atom.